The molecule has 0 spiro atoms. The summed E-state index contributed by atoms with van der Waals surface area (Å²) >= 11 is 0. The molecule has 1 aliphatic rings. The van der Waals surface area contributed by atoms with Gasteiger partial charge < -0.3 is 4.57 Å². The van der Waals surface area contributed by atoms with E-state index in [1.165, 1.54) is 0 Å². The number of hydrogen-bond donors (Lipinski definition) is 0. The molecule has 2 aromatic rings. The van der Waals surface area contributed by atoms with Gasteiger partial charge in [-0.25, -0.2) is 4.98 Å². The van der Waals surface area contributed by atoms with Crippen molar-refractivity contribution in [1.29, 1.82) is 0 Å². The molecule has 0 radical (unpaired) electrons. The van der Waals surface area contributed by atoms with Crippen LogP contribution >= 0.6 is 0 Å². The van der Waals surface area contributed by atoms with Gasteiger partial charge >= 0.3 is 0 Å². The summed E-state index contributed by atoms with van der Waals surface area (Å²) in [5.41, 5.74) is 0. The summed E-state index contributed by atoms with van der Waals surface area (Å²) < 4.78 is 14.4. The van der Waals surface area contributed by atoms with E-state index >= 15 is 0 Å². The summed E-state index contributed by atoms with van der Waals surface area (Å²) in [6.45, 7) is 7.14. The number of aromatic nitrogens is 2. The molecule has 0 bridgehead atoms. The first kappa shape index (κ1) is 17.3. The van der Waals surface area contributed by atoms with Crippen molar-refractivity contribution in [3.63, 3.8) is 0 Å². The van der Waals surface area contributed by atoms with E-state index in [-0.39, 0.29) is 0 Å². The fourth-order valence-electron chi connectivity index (χ4n) is 3.14. The van der Waals surface area contributed by atoms with Gasteiger partial charge in [-0.15, -0.1) is 0 Å². The minimum absolute atomic E-state index is 0.487. The minimum atomic E-state index is -0.903. The predicted octanol–water partition coefficient (Wildman–Crippen LogP) is 1.73. The molecule has 2 unspecified atom stereocenters. The van der Waals surface area contributed by atoms with E-state index in [0.717, 1.165) is 43.4 Å². The minimum Gasteiger partial charge on any atom is -0.337 e. The van der Waals surface area contributed by atoms with Gasteiger partial charge in [0.15, 0.2) is 0 Å². The second-order valence-electron chi connectivity index (χ2n) is 6.44. The number of aryl methyl sites for hydroxylation is 1. The van der Waals surface area contributed by atoms with E-state index in [1.54, 1.807) is 0 Å². The highest BCUT2D eigenvalue weighted by Crippen LogP contribution is 2.13. The Morgan fingerprint density at radius 1 is 1.25 bits per heavy atom. The lowest BCUT2D eigenvalue weighted by molar-refractivity contribution is 0.0790. The molecule has 24 heavy (non-hydrogen) atoms. The van der Waals surface area contributed by atoms with E-state index < -0.39 is 10.8 Å². The Bertz CT molecular complexity index is 673. The van der Waals surface area contributed by atoms with Crippen molar-refractivity contribution in [3.8, 4) is 0 Å². The zero-order valence-electron chi connectivity index (χ0n) is 14.5. The summed E-state index contributed by atoms with van der Waals surface area (Å²) in [5, 5.41) is 0. The molecule has 0 aliphatic carbocycles. The number of imidazole rings is 1. The summed E-state index contributed by atoms with van der Waals surface area (Å²) in [4.78, 5) is 10.3. The molecular weight excluding hydrogens is 320 g/mol. The van der Waals surface area contributed by atoms with Crippen LogP contribution in [-0.4, -0.2) is 61.5 Å². The number of nitrogens with zero attached hydrogens (tertiary/aromatic N) is 4. The second kappa shape index (κ2) is 8.05. The summed E-state index contributed by atoms with van der Waals surface area (Å²) in [7, 11) is 1.14. The average molecular weight is 347 g/mol. The van der Waals surface area contributed by atoms with E-state index in [1.807, 2.05) is 49.8 Å². The number of benzene rings is 1. The van der Waals surface area contributed by atoms with Gasteiger partial charge in [-0.3, -0.25) is 14.0 Å². The normalized spacial score (nSPS) is 21.0. The van der Waals surface area contributed by atoms with Crippen molar-refractivity contribution < 1.29 is 4.21 Å². The van der Waals surface area contributed by atoms with Crippen LogP contribution in [0, 0.1) is 0 Å². The fourth-order valence-corrected chi connectivity index (χ4v) is 4.26. The molecule has 1 aromatic heterocycles. The lowest BCUT2D eigenvalue weighted by Crippen LogP contribution is -2.52. The second-order valence-corrected chi connectivity index (χ2v) is 8.01. The van der Waals surface area contributed by atoms with Crippen molar-refractivity contribution >= 4 is 10.8 Å². The van der Waals surface area contributed by atoms with Gasteiger partial charge in [0.2, 0.25) is 0 Å². The third-order valence-electron chi connectivity index (χ3n) is 4.71. The van der Waals surface area contributed by atoms with Gasteiger partial charge in [-0.05, 0) is 19.1 Å². The molecule has 2 heterocycles. The maximum absolute atomic E-state index is 12.3. The van der Waals surface area contributed by atoms with E-state index in [9.17, 15) is 4.21 Å². The molecule has 2 atom stereocenters. The smallest absolute Gasteiger partial charge is 0.122 e. The summed E-state index contributed by atoms with van der Waals surface area (Å²) in [6, 6.07) is 10.2. The molecule has 1 fully saturated rings. The van der Waals surface area contributed by atoms with E-state index in [2.05, 4.69) is 26.3 Å². The number of rotatable bonds is 6. The summed E-state index contributed by atoms with van der Waals surface area (Å²) in [5.74, 6) is 1.82. The molecular formula is C18H26N4OS. The Hall–Kier alpha value is -1.50. The maximum Gasteiger partial charge on any atom is 0.122 e. The third kappa shape index (κ3) is 4.32. The van der Waals surface area contributed by atoms with Crippen LogP contribution in [0.3, 0.4) is 0 Å². The van der Waals surface area contributed by atoms with Crippen molar-refractivity contribution in [2.24, 2.45) is 7.05 Å². The number of hydrogen-bond acceptors (Lipinski definition) is 4. The highest BCUT2D eigenvalue weighted by Gasteiger charge is 2.24. The van der Waals surface area contributed by atoms with Gasteiger partial charge in [-0.1, -0.05) is 18.2 Å². The van der Waals surface area contributed by atoms with Crippen molar-refractivity contribution in [3.05, 3.63) is 48.5 Å². The molecule has 5 nitrogen and oxygen atoms in total. The van der Waals surface area contributed by atoms with Crippen LogP contribution in [0.15, 0.2) is 47.6 Å². The average Bonchev–Trinajstić information content (AvgIpc) is 3.00. The Morgan fingerprint density at radius 2 is 2.04 bits per heavy atom. The van der Waals surface area contributed by atoms with Crippen LogP contribution in [0.4, 0.5) is 0 Å². The van der Waals surface area contributed by atoms with Gasteiger partial charge in [0, 0.05) is 62.3 Å². The molecule has 0 N–H and O–H groups in total. The van der Waals surface area contributed by atoms with Crippen LogP contribution in [0.5, 0.6) is 0 Å². The largest absolute Gasteiger partial charge is 0.337 e. The Balaban J connectivity index is 1.47. The van der Waals surface area contributed by atoms with Gasteiger partial charge in [0.1, 0.15) is 5.82 Å². The van der Waals surface area contributed by atoms with Crippen molar-refractivity contribution in [2.45, 2.75) is 24.4 Å². The monoisotopic (exact) mass is 346 g/mol. The lowest BCUT2D eigenvalue weighted by Gasteiger charge is -2.39. The zero-order valence-corrected chi connectivity index (χ0v) is 15.3. The van der Waals surface area contributed by atoms with Gasteiger partial charge in [0.25, 0.3) is 0 Å². The Kier molecular flexibility index (Phi) is 5.81. The first-order chi connectivity index (χ1) is 11.6. The quantitative estimate of drug-likeness (QED) is 0.799. The SMILES string of the molecule is CC1CN(CCS(=O)c2ccccc2)CCN1Cc1nccn1C. The topological polar surface area (TPSA) is 41.4 Å². The molecule has 1 aromatic carbocycles. The fraction of sp³-hybridized carbons (Fsp3) is 0.500. The van der Waals surface area contributed by atoms with E-state index in [4.69, 9.17) is 0 Å². The van der Waals surface area contributed by atoms with Crippen molar-refractivity contribution in [2.75, 3.05) is 31.9 Å². The molecule has 3 rings (SSSR count). The van der Waals surface area contributed by atoms with Crippen molar-refractivity contribution in [1.82, 2.24) is 19.4 Å². The lowest BCUT2D eigenvalue weighted by atomic mass is 10.2. The maximum atomic E-state index is 12.3. The van der Waals surface area contributed by atoms with Crippen LogP contribution in [0.1, 0.15) is 12.7 Å². The van der Waals surface area contributed by atoms with Crippen LogP contribution < -0.4 is 0 Å². The molecule has 0 saturated carbocycles. The Morgan fingerprint density at radius 3 is 2.71 bits per heavy atom. The highest BCUT2D eigenvalue weighted by atomic mass is 32.2. The zero-order chi connectivity index (χ0) is 16.9. The Labute approximate surface area is 146 Å². The summed E-state index contributed by atoms with van der Waals surface area (Å²) in [6.07, 6.45) is 3.85. The van der Waals surface area contributed by atoms with Crippen LogP contribution in [0.2, 0.25) is 0 Å². The predicted molar refractivity (Wildman–Crippen MR) is 97.2 cm³/mol. The van der Waals surface area contributed by atoms with Gasteiger partial charge in [-0.2, -0.15) is 0 Å². The van der Waals surface area contributed by atoms with Gasteiger partial charge in [0.05, 0.1) is 17.3 Å². The molecule has 1 aliphatic heterocycles. The van der Waals surface area contributed by atoms with Crippen LogP contribution in [-0.2, 0) is 24.4 Å². The third-order valence-corrected chi connectivity index (χ3v) is 6.07. The highest BCUT2D eigenvalue weighted by molar-refractivity contribution is 7.85. The molecule has 6 heteroatoms. The number of piperazine rings is 1. The van der Waals surface area contributed by atoms with Crippen LogP contribution in [0.25, 0.3) is 0 Å². The molecule has 130 valence electrons. The molecule has 0 amide bonds. The molecule has 1 saturated heterocycles. The van der Waals surface area contributed by atoms with E-state index in [0.29, 0.717) is 11.8 Å². The first-order valence-electron chi connectivity index (χ1n) is 8.49. The standard InChI is InChI=1S/C18H26N4OS/c1-16-14-21(12-13-24(23)17-6-4-3-5-7-17)10-11-22(16)15-18-19-8-9-20(18)2/h3-9,16H,10-15H2,1-2H3. The first-order valence-corrected chi connectivity index (χ1v) is 9.81.